The third-order valence-corrected chi connectivity index (χ3v) is 2.12. The third kappa shape index (κ3) is 3.46. The second-order valence-corrected chi connectivity index (χ2v) is 3.42. The van der Waals surface area contributed by atoms with E-state index >= 15 is 0 Å². The van der Waals surface area contributed by atoms with Crippen LogP contribution in [0.4, 0.5) is 0 Å². The molecule has 0 aliphatic carbocycles. The minimum absolute atomic E-state index is 0.0216. The molecular formula is C11H17NO2. The number of nitrogens with one attached hydrogen (secondary N) is 1. The van der Waals surface area contributed by atoms with Crippen molar-refractivity contribution >= 4 is 0 Å². The van der Waals surface area contributed by atoms with Gasteiger partial charge in [-0.05, 0) is 12.5 Å². The Labute approximate surface area is 84.4 Å². The van der Waals surface area contributed by atoms with E-state index in [0.717, 1.165) is 5.56 Å². The molecule has 1 aromatic rings. The summed E-state index contributed by atoms with van der Waals surface area (Å²) in [5.74, 6) is 0. The molecule has 14 heavy (non-hydrogen) atoms. The molecule has 0 aliphatic rings. The van der Waals surface area contributed by atoms with Crippen molar-refractivity contribution in [2.24, 2.45) is 0 Å². The Morgan fingerprint density at radius 2 is 1.93 bits per heavy atom. The van der Waals surface area contributed by atoms with Gasteiger partial charge in [-0.2, -0.15) is 0 Å². The number of aliphatic hydroxyl groups excluding tert-OH is 2. The molecule has 0 bridgehead atoms. The van der Waals surface area contributed by atoms with Crippen LogP contribution in [-0.2, 0) is 0 Å². The Morgan fingerprint density at radius 1 is 1.29 bits per heavy atom. The molecule has 0 heterocycles. The second-order valence-electron chi connectivity index (χ2n) is 3.42. The molecule has 2 atom stereocenters. The molecule has 0 saturated carbocycles. The first-order valence-electron chi connectivity index (χ1n) is 4.81. The summed E-state index contributed by atoms with van der Waals surface area (Å²) < 4.78 is 0. The van der Waals surface area contributed by atoms with Crippen LogP contribution < -0.4 is 5.32 Å². The van der Waals surface area contributed by atoms with Gasteiger partial charge in [0.25, 0.3) is 0 Å². The third-order valence-electron chi connectivity index (χ3n) is 2.12. The van der Waals surface area contributed by atoms with Crippen LogP contribution in [0.3, 0.4) is 0 Å². The highest BCUT2D eigenvalue weighted by Gasteiger charge is 2.07. The van der Waals surface area contributed by atoms with Crippen molar-refractivity contribution in [3.8, 4) is 0 Å². The number of aliphatic hydroxyl groups is 2. The van der Waals surface area contributed by atoms with E-state index in [2.05, 4.69) is 5.32 Å². The standard InChI is InChI=1S/C11H17NO2/c1-9(8-13)12-7-11(14)10-5-3-2-4-6-10/h2-6,9,11-14H,7-8H2,1H3/t9-,11+/m1/s1. The number of hydrogen-bond acceptors (Lipinski definition) is 3. The van der Waals surface area contributed by atoms with E-state index in [-0.39, 0.29) is 12.6 Å². The van der Waals surface area contributed by atoms with Crippen molar-refractivity contribution in [3.63, 3.8) is 0 Å². The Bertz CT molecular complexity index is 251. The minimum atomic E-state index is -0.509. The summed E-state index contributed by atoms with van der Waals surface area (Å²) in [4.78, 5) is 0. The fourth-order valence-electron chi connectivity index (χ4n) is 1.17. The maximum absolute atomic E-state index is 9.72. The van der Waals surface area contributed by atoms with E-state index in [4.69, 9.17) is 5.11 Å². The molecule has 78 valence electrons. The van der Waals surface area contributed by atoms with Crippen molar-refractivity contribution < 1.29 is 10.2 Å². The van der Waals surface area contributed by atoms with Gasteiger partial charge in [0.2, 0.25) is 0 Å². The summed E-state index contributed by atoms with van der Waals surface area (Å²) in [5, 5.41) is 21.5. The zero-order valence-electron chi connectivity index (χ0n) is 8.35. The number of benzene rings is 1. The Kier molecular flexibility index (Phi) is 4.59. The van der Waals surface area contributed by atoms with E-state index in [1.807, 2.05) is 37.3 Å². The van der Waals surface area contributed by atoms with E-state index in [1.165, 1.54) is 0 Å². The smallest absolute Gasteiger partial charge is 0.0914 e. The largest absolute Gasteiger partial charge is 0.395 e. The first-order valence-corrected chi connectivity index (χ1v) is 4.81. The summed E-state index contributed by atoms with van der Waals surface area (Å²) >= 11 is 0. The molecule has 0 aliphatic heterocycles. The molecular weight excluding hydrogens is 178 g/mol. The lowest BCUT2D eigenvalue weighted by Crippen LogP contribution is -2.32. The monoisotopic (exact) mass is 195 g/mol. The van der Waals surface area contributed by atoms with Gasteiger partial charge in [0.05, 0.1) is 12.7 Å². The lowest BCUT2D eigenvalue weighted by Gasteiger charge is -2.15. The lowest BCUT2D eigenvalue weighted by atomic mass is 10.1. The highest BCUT2D eigenvalue weighted by atomic mass is 16.3. The molecule has 0 unspecified atom stereocenters. The lowest BCUT2D eigenvalue weighted by molar-refractivity contribution is 0.161. The molecule has 3 nitrogen and oxygen atoms in total. The summed E-state index contributed by atoms with van der Waals surface area (Å²) in [6.07, 6.45) is -0.509. The van der Waals surface area contributed by atoms with Crippen molar-refractivity contribution in [3.05, 3.63) is 35.9 Å². The summed E-state index contributed by atoms with van der Waals surface area (Å²) in [7, 11) is 0. The van der Waals surface area contributed by atoms with Gasteiger partial charge in [-0.25, -0.2) is 0 Å². The van der Waals surface area contributed by atoms with Gasteiger partial charge in [0.15, 0.2) is 0 Å². The molecule has 0 spiro atoms. The van der Waals surface area contributed by atoms with Gasteiger partial charge in [0, 0.05) is 12.6 Å². The number of hydrogen-bond donors (Lipinski definition) is 3. The maximum atomic E-state index is 9.72. The molecule has 0 radical (unpaired) electrons. The van der Waals surface area contributed by atoms with Gasteiger partial charge in [0.1, 0.15) is 0 Å². The summed E-state index contributed by atoms with van der Waals surface area (Å²) in [6, 6.07) is 9.50. The molecule has 1 rings (SSSR count). The Balaban J connectivity index is 2.39. The molecule has 0 fully saturated rings. The van der Waals surface area contributed by atoms with Gasteiger partial charge < -0.3 is 15.5 Å². The van der Waals surface area contributed by atoms with E-state index in [1.54, 1.807) is 0 Å². The molecule has 3 heteroatoms. The van der Waals surface area contributed by atoms with Crippen LogP contribution in [0.25, 0.3) is 0 Å². The fourth-order valence-corrected chi connectivity index (χ4v) is 1.17. The fraction of sp³-hybridized carbons (Fsp3) is 0.455. The van der Waals surface area contributed by atoms with Gasteiger partial charge >= 0.3 is 0 Å². The van der Waals surface area contributed by atoms with Crippen molar-refractivity contribution in [2.75, 3.05) is 13.2 Å². The normalized spacial score (nSPS) is 15.1. The van der Waals surface area contributed by atoms with Gasteiger partial charge in [-0.1, -0.05) is 30.3 Å². The predicted molar refractivity (Wildman–Crippen MR) is 56.0 cm³/mol. The topological polar surface area (TPSA) is 52.5 Å². The van der Waals surface area contributed by atoms with Gasteiger partial charge in [-0.15, -0.1) is 0 Å². The van der Waals surface area contributed by atoms with Crippen LogP contribution in [0.2, 0.25) is 0 Å². The molecule has 1 aromatic carbocycles. The summed E-state index contributed by atoms with van der Waals surface area (Å²) in [6.45, 7) is 2.42. The van der Waals surface area contributed by atoms with E-state index in [0.29, 0.717) is 6.54 Å². The Morgan fingerprint density at radius 3 is 2.50 bits per heavy atom. The van der Waals surface area contributed by atoms with Crippen molar-refractivity contribution in [1.82, 2.24) is 5.32 Å². The predicted octanol–water partition coefficient (Wildman–Crippen LogP) is 0.690. The summed E-state index contributed by atoms with van der Waals surface area (Å²) in [5.41, 5.74) is 0.894. The average Bonchev–Trinajstić information content (AvgIpc) is 2.26. The van der Waals surface area contributed by atoms with E-state index < -0.39 is 6.10 Å². The highest BCUT2D eigenvalue weighted by molar-refractivity contribution is 5.17. The van der Waals surface area contributed by atoms with Crippen LogP contribution in [0, 0.1) is 0 Å². The zero-order chi connectivity index (χ0) is 10.4. The maximum Gasteiger partial charge on any atom is 0.0914 e. The molecule has 0 aromatic heterocycles. The van der Waals surface area contributed by atoms with Crippen LogP contribution in [-0.4, -0.2) is 29.4 Å². The number of rotatable bonds is 5. The van der Waals surface area contributed by atoms with Crippen molar-refractivity contribution in [1.29, 1.82) is 0 Å². The van der Waals surface area contributed by atoms with Gasteiger partial charge in [-0.3, -0.25) is 0 Å². The van der Waals surface area contributed by atoms with Crippen molar-refractivity contribution in [2.45, 2.75) is 19.1 Å². The zero-order valence-corrected chi connectivity index (χ0v) is 8.35. The van der Waals surface area contributed by atoms with E-state index in [9.17, 15) is 5.11 Å². The van der Waals surface area contributed by atoms with Crippen LogP contribution >= 0.6 is 0 Å². The van der Waals surface area contributed by atoms with Crippen LogP contribution in [0.15, 0.2) is 30.3 Å². The Hall–Kier alpha value is -0.900. The quantitative estimate of drug-likeness (QED) is 0.648. The minimum Gasteiger partial charge on any atom is -0.395 e. The first-order chi connectivity index (χ1) is 6.74. The molecule has 3 N–H and O–H groups in total. The van der Waals surface area contributed by atoms with Crippen LogP contribution in [0.5, 0.6) is 0 Å². The van der Waals surface area contributed by atoms with Crippen LogP contribution in [0.1, 0.15) is 18.6 Å². The molecule has 0 amide bonds. The SMILES string of the molecule is C[C@H](CO)NC[C@H](O)c1ccccc1. The first kappa shape index (κ1) is 11.2. The average molecular weight is 195 g/mol. The highest BCUT2D eigenvalue weighted by Crippen LogP contribution is 2.10. The molecule has 0 saturated heterocycles. The second kappa shape index (κ2) is 5.75.